The SMILES string of the molecule is CC(C)C1(C(=O)O)CCN(C(=O)C(NC(=O)OCC2c3ccccc3-c3ccccc32)C2CC2)C1. The van der Waals surface area contributed by atoms with Crippen molar-refractivity contribution >= 4 is 18.0 Å². The van der Waals surface area contributed by atoms with Crippen LogP contribution in [0.2, 0.25) is 0 Å². The fourth-order valence-electron chi connectivity index (χ4n) is 5.69. The average molecular weight is 477 g/mol. The molecule has 0 spiro atoms. The van der Waals surface area contributed by atoms with Gasteiger partial charge in [-0.25, -0.2) is 4.79 Å². The van der Waals surface area contributed by atoms with E-state index in [2.05, 4.69) is 29.6 Å². The molecule has 7 heteroatoms. The minimum atomic E-state index is -0.937. The highest BCUT2D eigenvalue weighted by Crippen LogP contribution is 2.44. The van der Waals surface area contributed by atoms with E-state index in [-0.39, 0.29) is 36.8 Å². The van der Waals surface area contributed by atoms with E-state index in [0.29, 0.717) is 13.0 Å². The monoisotopic (exact) mass is 476 g/mol. The van der Waals surface area contributed by atoms with Crippen LogP contribution in [0, 0.1) is 17.3 Å². The zero-order valence-electron chi connectivity index (χ0n) is 20.2. The number of carboxylic acid groups (broad SMARTS) is 1. The van der Waals surface area contributed by atoms with E-state index in [1.807, 2.05) is 38.1 Å². The van der Waals surface area contributed by atoms with E-state index in [1.165, 1.54) is 0 Å². The fraction of sp³-hybridized carbons (Fsp3) is 0.464. The summed E-state index contributed by atoms with van der Waals surface area (Å²) in [6, 6.07) is 15.6. The van der Waals surface area contributed by atoms with Gasteiger partial charge in [0.1, 0.15) is 12.6 Å². The molecule has 1 aliphatic heterocycles. The van der Waals surface area contributed by atoms with Crippen LogP contribution in [0.3, 0.4) is 0 Å². The van der Waals surface area contributed by atoms with Gasteiger partial charge in [-0.1, -0.05) is 62.4 Å². The molecule has 1 saturated carbocycles. The van der Waals surface area contributed by atoms with Crippen LogP contribution in [0.15, 0.2) is 48.5 Å². The van der Waals surface area contributed by atoms with E-state index >= 15 is 0 Å². The third-order valence-electron chi connectivity index (χ3n) is 8.12. The first-order valence-electron chi connectivity index (χ1n) is 12.5. The molecule has 2 atom stereocenters. The summed E-state index contributed by atoms with van der Waals surface area (Å²) in [6.07, 6.45) is 1.54. The van der Waals surface area contributed by atoms with Gasteiger partial charge >= 0.3 is 12.1 Å². The lowest BCUT2D eigenvalue weighted by Crippen LogP contribution is -2.50. The molecule has 0 radical (unpaired) electrons. The van der Waals surface area contributed by atoms with Crippen molar-refractivity contribution in [2.75, 3.05) is 19.7 Å². The summed E-state index contributed by atoms with van der Waals surface area (Å²) in [7, 11) is 0. The first-order chi connectivity index (χ1) is 16.8. The number of nitrogens with one attached hydrogen (secondary N) is 1. The smallest absolute Gasteiger partial charge is 0.407 e. The summed E-state index contributed by atoms with van der Waals surface area (Å²) in [5, 5.41) is 12.6. The lowest BCUT2D eigenvalue weighted by molar-refractivity contribution is -0.151. The highest BCUT2D eigenvalue weighted by atomic mass is 16.5. The Morgan fingerprint density at radius 2 is 1.66 bits per heavy atom. The van der Waals surface area contributed by atoms with E-state index in [1.54, 1.807) is 4.90 Å². The molecule has 2 unspecified atom stereocenters. The molecular weight excluding hydrogens is 444 g/mol. The molecule has 7 nitrogen and oxygen atoms in total. The molecule has 2 N–H and O–H groups in total. The number of amides is 2. The number of nitrogens with zero attached hydrogens (tertiary/aromatic N) is 1. The number of rotatable bonds is 7. The molecule has 1 heterocycles. The summed E-state index contributed by atoms with van der Waals surface area (Å²) in [5.41, 5.74) is 3.64. The summed E-state index contributed by atoms with van der Waals surface area (Å²) in [4.78, 5) is 39.8. The molecule has 2 aromatic rings. The van der Waals surface area contributed by atoms with Crippen LogP contribution in [0.4, 0.5) is 4.79 Å². The van der Waals surface area contributed by atoms with Crippen LogP contribution in [0.25, 0.3) is 11.1 Å². The van der Waals surface area contributed by atoms with Gasteiger partial charge in [0.15, 0.2) is 0 Å². The van der Waals surface area contributed by atoms with Crippen molar-refractivity contribution in [2.45, 2.75) is 45.1 Å². The van der Waals surface area contributed by atoms with E-state index < -0.39 is 23.5 Å². The number of ether oxygens (including phenoxy) is 1. The summed E-state index contributed by atoms with van der Waals surface area (Å²) < 4.78 is 5.66. The van der Waals surface area contributed by atoms with E-state index in [9.17, 15) is 19.5 Å². The second-order valence-corrected chi connectivity index (χ2v) is 10.4. The molecular formula is C28H32N2O5. The van der Waals surface area contributed by atoms with Crippen molar-refractivity contribution in [3.63, 3.8) is 0 Å². The number of carbonyl (C=O) groups excluding carboxylic acids is 2. The van der Waals surface area contributed by atoms with Crippen LogP contribution >= 0.6 is 0 Å². The van der Waals surface area contributed by atoms with Crippen molar-refractivity contribution in [1.82, 2.24) is 10.2 Å². The number of fused-ring (bicyclic) bond motifs is 3. The van der Waals surface area contributed by atoms with Crippen molar-refractivity contribution in [1.29, 1.82) is 0 Å². The van der Waals surface area contributed by atoms with Gasteiger partial charge in [-0.2, -0.15) is 0 Å². The maximum Gasteiger partial charge on any atom is 0.407 e. The summed E-state index contributed by atoms with van der Waals surface area (Å²) >= 11 is 0. The zero-order chi connectivity index (χ0) is 24.7. The zero-order valence-corrected chi connectivity index (χ0v) is 20.2. The number of carbonyl (C=O) groups is 3. The van der Waals surface area contributed by atoms with Gasteiger partial charge < -0.3 is 20.1 Å². The molecule has 35 heavy (non-hydrogen) atoms. The minimum absolute atomic E-state index is 0.0518. The predicted molar refractivity (Wildman–Crippen MR) is 131 cm³/mol. The Bertz CT molecular complexity index is 1110. The second kappa shape index (κ2) is 9.02. The Hall–Kier alpha value is -3.35. The number of hydrogen-bond donors (Lipinski definition) is 2. The van der Waals surface area contributed by atoms with Crippen LogP contribution in [0.1, 0.15) is 50.2 Å². The molecule has 0 aromatic heterocycles. The van der Waals surface area contributed by atoms with Crippen molar-refractivity contribution < 1.29 is 24.2 Å². The first-order valence-corrected chi connectivity index (χ1v) is 12.5. The Balaban J connectivity index is 1.25. The topological polar surface area (TPSA) is 95.9 Å². The lowest BCUT2D eigenvalue weighted by atomic mass is 9.76. The Labute approximate surface area is 205 Å². The summed E-state index contributed by atoms with van der Waals surface area (Å²) in [6.45, 7) is 4.52. The predicted octanol–water partition coefficient (Wildman–Crippen LogP) is 4.26. The van der Waals surface area contributed by atoms with E-state index in [4.69, 9.17) is 4.74 Å². The molecule has 2 amide bonds. The molecule has 2 fully saturated rings. The van der Waals surface area contributed by atoms with Gasteiger partial charge in [-0.3, -0.25) is 9.59 Å². The Kier molecular flexibility index (Phi) is 6.03. The number of alkyl carbamates (subject to hydrolysis) is 1. The number of hydrogen-bond acceptors (Lipinski definition) is 4. The fourth-order valence-corrected chi connectivity index (χ4v) is 5.69. The molecule has 1 saturated heterocycles. The molecule has 2 aromatic carbocycles. The molecule has 184 valence electrons. The summed E-state index contributed by atoms with van der Waals surface area (Å²) in [5.74, 6) is -1.14. The van der Waals surface area contributed by atoms with Crippen LogP contribution < -0.4 is 5.32 Å². The normalized spacial score (nSPS) is 22.0. The van der Waals surface area contributed by atoms with Crippen LogP contribution in [0.5, 0.6) is 0 Å². The van der Waals surface area contributed by atoms with Gasteiger partial charge in [-0.05, 0) is 53.4 Å². The highest BCUT2D eigenvalue weighted by molar-refractivity contribution is 5.88. The van der Waals surface area contributed by atoms with Crippen molar-refractivity contribution in [3.8, 4) is 11.1 Å². The quantitative estimate of drug-likeness (QED) is 0.622. The van der Waals surface area contributed by atoms with Gasteiger partial charge in [0, 0.05) is 19.0 Å². The molecule has 5 rings (SSSR count). The third kappa shape index (κ3) is 4.17. The molecule has 0 bridgehead atoms. The second-order valence-electron chi connectivity index (χ2n) is 10.4. The van der Waals surface area contributed by atoms with Crippen LogP contribution in [-0.4, -0.2) is 53.7 Å². The van der Waals surface area contributed by atoms with E-state index in [0.717, 1.165) is 35.1 Å². The number of benzene rings is 2. The molecule has 2 aliphatic carbocycles. The maximum absolute atomic E-state index is 13.3. The largest absolute Gasteiger partial charge is 0.481 e. The van der Waals surface area contributed by atoms with Crippen LogP contribution in [-0.2, 0) is 14.3 Å². The van der Waals surface area contributed by atoms with Gasteiger partial charge in [0.2, 0.25) is 5.91 Å². The average Bonchev–Trinajstić information content (AvgIpc) is 3.49. The number of likely N-dealkylation sites (tertiary alicyclic amines) is 1. The standard InChI is InChI=1S/C28H32N2O5/c1-17(2)28(26(32)33)13-14-30(16-28)25(31)24(18-11-12-18)29-27(34)35-15-23-21-9-5-3-7-19(21)20-8-4-6-10-22(20)23/h3-10,17-18,23-24H,11-16H2,1-2H3,(H,29,34)(H,32,33). The van der Waals surface area contributed by atoms with Crippen molar-refractivity contribution in [3.05, 3.63) is 59.7 Å². The minimum Gasteiger partial charge on any atom is -0.481 e. The maximum atomic E-state index is 13.3. The van der Waals surface area contributed by atoms with Gasteiger partial charge in [0.25, 0.3) is 0 Å². The van der Waals surface area contributed by atoms with Gasteiger partial charge in [0.05, 0.1) is 5.41 Å². The Morgan fingerprint density at radius 3 is 2.17 bits per heavy atom. The van der Waals surface area contributed by atoms with Gasteiger partial charge in [-0.15, -0.1) is 0 Å². The molecule has 3 aliphatic rings. The Morgan fingerprint density at radius 1 is 1.06 bits per heavy atom. The highest BCUT2D eigenvalue weighted by Gasteiger charge is 2.50. The first kappa shape index (κ1) is 23.4. The van der Waals surface area contributed by atoms with Crippen molar-refractivity contribution in [2.24, 2.45) is 17.3 Å². The number of aliphatic carboxylic acids is 1. The number of carboxylic acids is 1. The third-order valence-corrected chi connectivity index (χ3v) is 8.12. The lowest BCUT2D eigenvalue weighted by Gasteiger charge is -2.30.